The molecule has 0 atom stereocenters. The Morgan fingerprint density at radius 2 is 1.86 bits per heavy atom. The van der Waals surface area contributed by atoms with E-state index in [9.17, 15) is 9.59 Å². The molecule has 5 nitrogen and oxygen atoms in total. The number of amides is 2. The van der Waals surface area contributed by atoms with Gasteiger partial charge in [-0.3, -0.25) is 9.59 Å². The highest BCUT2D eigenvalue weighted by molar-refractivity contribution is 5.90. The van der Waals surface area contributed by atoms with Crippen LogP contribution in [-0.2, 0) is 9.59 Å². The summed E-state index contributed by atoms with van der Waals surface area (Å²) >= 11 is 0. The highest BCUT2D eigenvalue weighted by Crippen LogP contribution is 2.10. The van der Waals surface area contributed by atoms with Crippen molar-refractivity contribution < 1.29 is 9.59 Å². The van der Waals surface area contributed by atoms with E-state index in [-0.39, 0.29) is 11.8 Å². The van der Waals surface area contributed by atoms with Gasteiger partial charge in [-0.25, -0.2) is 4.98 Å². The third kappa shape index (κ3) is 6.24. The third-order valence-corrected chi connectivity index (χ3v) is 3.40. The first-order chi connectivity index (χ1) is 10.6. The van der Waals surface area contributed by atoms with Crippen LogP contribution in [0.5, 0.6) is 0 Å². The molecular formula is C17H27N3O2. The SMILES string of the molecule is CCCN(CCC)C(=O)CCCC(=O)Nc1ncccc1C. The van der Waals surface area contributed by atoms with Crippen molar-refractivity contribution in [3.05, 3.63) is 23.9 Å². The fourth-order valence-electron chi connectivity index (χ4n) is 2.27. The van der Waals surface area contributed by atoms with Gasteiger partial charge >= 0.3 is 0 Å². The van der Waals surface area contributed by atoms with Gasteiger partial charge in [0.05, 0.1) is 0 Å². The zero-order valence-electron chi connectivity index (χ0n) is 13.9. The normalized spacial score (nSPS) is 10.3. The molecule has 22 heavy (non-hydrogen) atoms. The molecule has 122 valence electrons. The Labute approximate surface area is 133 Å². The van der Waals surface area contributed by atoms with Gasteiger partial charge in [0.1, 0.15) is 5.82 Å². The van der Waals surface area contributed by atoms with Crippen LogP contribution >= 0.6 is 0 Å². The van der Waals surface area contributed by atoms with Gasteiger partial charge in [0.2, 0.25) is 11.8 Å². The number of carbonyl (C=O) groups excluding carboxylic acids is 2. The number of aromatic nitrogens is 1. The quantitative estimate of drug-likeness (QED) is 0.762. The molecule has 1 heterocycles. The smallest absolute Gasteiger partial charge is 0.225 e. The van der Waals surface area contributed by atoms with Gasteiger partial charge in [-0.15, -0.1) is 0 Å². The lowest BCUT2D eigenvalue weighted by Crippen LogP contribution is -2.32. The molecule has 0 aromatic carbocycles. The topological polar surface area (TPSA) is 62.3 Å². The molecule has 1 N–H and O–H groups in total. The predicted octanol–water partition coefficient (Wildman–Crippen LogP) is 3.15. The Bertz CT molecular complexity index is 483. The van der Waals surface area contributed by atoms with Crippen LogP contribution in [0.1, 0.15) is 51.5 Å². The van der Waals surface area contributed by atoms with E-state index in [0.29, 0.717) is 25.1 Å². The Morgan fingerprint density at radius 1 is 1.18 bits per heavy atom. The van der Waals surface area contributed by atoms with Gasteiger partial charge in [0.25, 0.3) is 0 Å². The van der Waals surface area contributed by atoms with Crippen molar-refractivity contribution >= 4 is 17.6 Å². The molecule has 0 fully saturated rings. The number of pyridine rings is 1. The lowest BCUT2D eigenvalue weighted by atomic mass is 10.2. The number of anilines is 1. The van der Waals surface area contributed by atoms with E-state index in [1.54, 1.807) is 6.20 Å². The van der Waals surface area contributed by atoms with Crippen molar-refractivity contribution in [2.24, 2.45) is 0 Å². The summed E-state index contributed by atoms with van der Waals surface area (Å²) in [4.78, 5) is 30.0. The van der Waals surface area contributed by atoms with Crippen molar-refractivity contribution in [2.75, 3.05) is 18.4 Å². The number of carbonyl (C=O) groups is 2. The van der Waals surface area contributed by atoms with Crippen LogP contribution in [0.15, 0.2) is 18.3 Å². The highest BCUT2D eigenvalue weighted by Gasteiger charge is 2.12. The molecule has 0 aliphatic rings. The minimum absolute atomic E-state index is 0.0906. The van der Waals surface area contributed by atoms with Crippen molar-refractivity contribution in [1.29, 1.82) is 0 Å². The van der Waals surface area contributed by atoms with Gasteiger partial charge in [0.15, 0.2) is 0 Å². The zero-order valence-corrected chi connectivity index (χ0v) is 13.9. The van der Waals surface area contributed by atoms with Crippen LogP contribution in [-0.4, -0.2) is 34.8 Å². The summed E-state index contributed by atoms with van der Waals surface area (Å²) in [5, 5.41) is 2.79. The van der Waals surface area contributed by atoms with E-state index < -0.39 is 0 Å². The lowest BCUT2D eigenvalue weighted by Gasteiger charge is -2.21. The average molecular weight is 305 g/mol. The fraction of sp³-hybridized carbons (Fsp3) is 0.588. The third-order valence-electron chi connectivity index (χ3n) is 3.40. The van der Waals surface area contributed by atoms with Crippen LogP contribution in [0.25, 0.3) is 0 Å². The van der Waals surface area contributed by atoms with E-state index in [1.165, 1.54) is 0 Å². The summed E-state index contributed by atoms with van der Waals surface area (Å²) in [5.74, 6) is 0.648. The van der Waals surface area contributed by atoms with Gasteiger partial charge in [-0.05, 0) is 37.8 Å². The molecule has 2 amide bonds. The number of nitrogens with one attached hydrogen (secondary N) is 1. The van der Waals surface area contributed by atoms with E-state index >= 15 is 0 Å². The molecule has 0 bridgehead atoms. The summed E-state index contributed by atoms with van der Waals surface area (Å²) in [5.41, 5.74) is 0.934. The molecule has 5 heteroatoms. The minimum atomic E-state index is -0.0906. The molecule has 0 saturated carbocycles. The second-order valence-electron chi connectivity index (χ2n) is 5.45. The van der Waals surface area contributed by atoms with Crippen LogP contribution in [0, 0.1) is 6.92 Å². The second-order valence-corrected chi connectivity index (χ2v) is 5.45. The minimum Gasteiger partial charge on any atom is -0.343 e. The van der Waals surface area contributed by atoms with Crippen LogP contribution in [0.3, 0.4) is 0 Å². The van der Waals surface area contributed by atoms with Gasteiger partial charge < -0.3 is 10.2 Å². The van der Waals surface area contributed by atoms with E-state index in [1.807, 2.05) is 24.0 Å². The number of hydrogen-bond donors (Lipinski definition) is 1. The van der Waals surface area contributed by atoms with Crippen LogP contribution < -0.4 is 5.32 Å². The summed E-state index contributed by atoms with van der Waals surface area (Å²) in [7, 11) is 0. The van der Waals surface area contributed by atoms with E-state index in [0.717, 1.165) is 31.5 Å². The van der Waals surface area contributed by atoms with Crippen LogP contribution in [0.2, 0.25) is 0 Å². The van der Waals surface area contributed by atoms with Gasteiger partial charge in [-0.2, -0.15) is 0 Å². The molecule has 0 aliphatic carbocycles. The monoisotopic (exact) mass is 305 g/mol. The summed E-state index contributed by atoms with van der Waals surface area (Å²) in [6.45, 7) is 7.63. The van der Waals surface area contributed by atoms with Gasteiger partial charge in [0, 0.05) is 32.1 Å². The Kier molecular flexibility index (Phi) is 8.18. The molecule has 0 saturated heterocycles. The maximum absolute atomic E-state index is 12.1. The van der Waals surface area contributed by atoms with Crippen LogP contribution in [0.4, 0.5) is 5.82 Å². The highest BCUT2D eigenvalue weighted by atomic mass is 16.2. The first-order valence-electron chi connectivity index (χ1n) is 8.07. The lowest BCUT2D eigenvalue weighted by molar-refractivity contribution is -0.131. The van der Waals surface area contributed by atoms with E-state index in [4.69, 9.17) is 0 Å². The maximum Gasteiger partial charge on any atom is 0.225 e. The Morgan fingerprint density at radius 3 is 2.45 bits per heavy atom. The first-order valence-corrected chi connectivity index (χ1v) is 8.07. The average Bonchev–Trinajstić information content (AvgIpc) is 2.49. The van der Waals surface area contributed by atoms with Crippen molar-refractivity contribution in [1.82, 2.24) is 9.88 Å². The Hall–Kier alpha value is -1.91. The summed E-state index contributed by atoms with van der Waals surface area (Å²) < 4.78 is 0. The number of hydrogen-bond acceptors (Lipinski definition) is 3. The second kappa shape index (κ2) is 9.92. The number of aryl methyl sites for hydroxylation is 1. The number of rotatable bonds is 9. The molecule has 1 rings (SSSR count). The molecule has 0 radical (unpaired) electrons. The van der Waals surface area contributed by atoms with E-state index in [2.05, 4.69) is 24.1 Å². The van der Waals surface area contributed by atoms with Crippen molar-refractivity contribution in [3.63, 3.8) is 0 Å². The summed E-state index contributed by atoms with van der Waals surface area (Å²) in [6, 6.07) is 3.74. The maximum atomic E-state index is 12.1. The molecule has 1 aromatic heterocycles. The first kappa shape index (κ1) is 18.1. The Balaban J connectivity index is 2.35. The van der Waals surface area contributed by atoms with Gasteiger partial charge in [-0.1, -0.05) is 19.9 Å². The molecule has 0 aliphatic heterocycles. The zero-order chi connectivity index (χ0) is 16.4. The molecular weight excluding hydrogens is 278 g/mol. The number of nitrogens with zero attached hydrogens (tertiary/aromatic N) is 2. The standard InChI is InChI=1S/C17H27N3O2/c1-4-12-20(13-5-2)16(22)10-6-9-15(21)19-17-14(3)8-7-11-18-17/h7-8,11H,4-6,9-10,12-13H2,1-3H3,(H,18,19,21). The summed E-state index contributed by atoms with van der Waals surface area (Å²) in [6.07, 6.45) is 4.92. The van der Waals surface area contributed by atoms with Crippen molar-refractivity contribution in [2.45, 2.75) is 52.9 Å². The fourth-order valence-corrected chi connectivity index (χ4v) is 2.27. The molecule has 1 aromatic rings. The largest absolute Gasteiger partial charge is 0.343 e. The predicted molar refractivity (Wildman–Crippen MR) is 88.6 cm³/mol. The molecule has 0 unspecified atom stereocenters. The van der Waals surface area contributed by atoms with Crippen molar-refractivity contribution in [3.8, 4) is 0 Å². The molecule has 0 spiro atoms.